The van der Waals surface area contributed by atoms with E-state index in [2.05, 4.69) is 9.89 Å². The molecule has 1 N–H and O–H groups in total. The van der Waals surface area contributed by atoms with Gasteiger partial charge in [-0.2, -0.15) is 0 Å². The molecular weight excluding hydrogens is 226 g/mol. The zero-order valence-corrected chi connectivity index (χ0v) is 9.95. The second kappa shape index (κ2) is 6.17. The maximum Gasteiger partial charge on any atom is 0.356 e. The molecule has 0 aliphatic rings. The average Bonchev–Trinajstić information content (AvgIpc) is 2.31. The lowest BCUT2D eigenvalue weighted by Crippen LogP contribution is -2.18. The summed E-state index contributed by atoms with van der Waals surface area (Å²) in [5.41, 5.74) is 1.18. The molecule has 0 unspecified atom stereocenters. The smallest absolute Gasteiger partial charge is 0.356 e. The second-order valence-corrected chi connectivity index (χ2v) is 4.19. The van der Waals surface area contributed by atoms with Gasteiger partial charge in [0.2, 0.25) is 0 Å². The van der Waals surface area contributed by atoms with Crippen LogP contribution >= 0.6 is 11.8 Å². The highest BCUT2D eigenvalue weighted by Gasteiger charge is 2.12. The van der Waals surface area contributed by atoms with Crippen LogP contribution in [-0.2, 0) is 9.53 Å². The zero-order valence-electron chi connectivity index (χ0n) is 9.14. The summed E-state index contributed by atoms with van der Waals surface area (Å²) in [5.74, 6) is -0.325. The number of methoxy groups -OCH3 is 1. The summed E-state index contributed by atoms with van der Waals surface area (Å²) in [6.07, 6.45) is 0. The number of hydrogen-bond acceptors (Lipinski definition) is 5. The fourth-order valence-corrected chi connectivity index (χ4v) is 1.84. The molecule has 0 atom stereocenters. The van der Waals surface area contributed by atoms with Gasteiger partial charge in [-0.25, -0.2) is 4.79 Å². The fourth-order valence-electron chi connectivity index (χ4n) is 1.03. The van der Waals surface area contributed by atoms with Crippen LogP contribution in [0.15, 0.2) is 34.3 Å². The summed E-state index contributed by atoms with van der Waals surface area (Å²) >= 11 is 1.41. The number of aryl methyl sites for hydroxylation is 1. The van der Waals surface area contributed by atoms with Crippen molar-refractivity contribution in [2.75, 3.05) is 12.9 Å². The van der Waals surface area contributed by atoms with E-state index in [1.54, 1.807) is 0 Å². The molecule has 0 saturated carbocycles. The van der Waals surface area contributed by atoms with E-state index in [0.717, 1.165) is 4.90 Å². The van der Waals surface area contributed by atoms with Gasteiger partial charge in [0.05, 0.1) is 12.9 Å². The Morgan fingerprint density at radius 2 is 2.06 bits per heavy atom. The number of carbonyl (C=O) groups is 1. The number of rotatable bonds is 4. The molecule has 0 radical (unpaired) electrons. The van der Waals surface area contributed by atoms with Crippen molar-refractivity contribution < 1.29 is 14.7 Å². The van der Waals surface area contributed by atoms with Gasteiger partial charge in [-0.15, -0.1) is 11.8 Å². The first-order chi connectivity index (χ1) is 7.67. The highest BCUT2D eigenvalue weighted by molar-refractivity contribution is 8.00. The Kier molecular flexibility index (Phi) is 4.85. The summed E-state index contributed by atoms with van der Waals surface area (Å²) in [7, 11) is 1.25. The number of hydrogen-bond donors (Lipinski definition) is 1. The van der Waals surface area contributed by atoms with Gasteiger partial charge >= 0.3 is 5.97 Å². The number of thioether (sulfide) groups is 1. The van der Waals surface area contributed by atoms with E-state index < -0.39 is 5.97 Å². The molecule has 0 aliphatic carbocycles. The summed E-state index contributed by atoms with van der Waals surface area (Å²) in [5, 5.41) is 11.5. The molecule has 0 aromatic heterocycles. The van der Waals surface area contributed by atoms with E-state index in [1.807, 2.05) is 31.2 Å². The fraction of sp³-hybridized carbons (Fsp3) is 0.273. The Balaban J connectivity index is 2.57. The van der Waals surface area contributed by atoms with Gasteiger partial charge < -0.3 is 9.94 Å². The minimum atomic E-state index is -0.609. The van der Waals surface area contributed by atoms with Crippen molar-refractivity contribution in [1.82, 2.24) is 0 Å². The van der Waals surface area contributed by atoms with Crippen LogP contribution in [0.4, 0.5) is 0 Å². The Hall–Kier alpha value is -1.49. The lowest BCUT2D eigenvalue weighted by molar-refractivity contribution is -0.132. The number of oxime groups is 1. The molecule has 86 valence electrons. The number of ether oxygens (including phenoxy) is 1. The third-order valence-corrected chi connectivity index (χ3v) is 2.96. The highest BCUT2D eigenvalue weighted by atomic mass is 32.2. The van der Waals surface area contributed by atoms with Crippen molar-refractivity contribution in [2.45, 2.75) is 11.8 Å². The van der Waals surface area contributed by atoms with Crippen LogP contribution in [0, 0.1) is 6.92 Å². The minimum Gasteiger partial charge on any atom is -0.464 e. The van der Waals surface area contributed by atoms with E-state index in [9.17, 15) is 4.79 Å². The lowest BCUT2D eigenvalue weighted by Gasteiger charge is -2.02. The third-order valence-electron chi connectivity index (χ3n) is 1.94. The van der Waals surface area contributed by atoms with Gasteiger partial charge in [-0.05, 0) is 19.1 Å². The molecule has 0 fully saturated rings. The molecular formula is C11H13NO3S. The summed E-state index contributed by atoms with van der Waals surface area (Å²) < 4.78 is 4.47. The molecule has 0 aliphatic heterocycles. The van der Waals surface area contributed by atoms with Gasteiger partial charge in [0.25, 0.3) is 0 Å². The number of nitrogens with zero attached hydrogens (tertiary/aromatic N) is 1. The maximum atomic E-state index is 11.1. The zero-order chi connectivity index (χ0) is 12.0. The van der Waals surface area contributed by atoms with Crippen molar-refractivity contribution >= 4 is 23.4 Å². The van der Waals surface area contributed by atoms with Crippen molar-refractivity contribution in [1.29, 1.82) is 0 Å². The quantitative estimate of drug-likeness (QED) is 0.287. The molecule has 0 spiro atoms. The SMILES string of the molecule is COC(=O)C(CSc1ccc(C)cc1)=NO. The van der Waals surface area contributed by atoms with E-state index in [0.29, 0.717) is 0 Å². The van der Waals surface area contributed by atoms with Crippen molar-refractivity contribution in [3.05, 3.63) is 29.8 Å². The summed E-state index contributed by atoms with van der Waals surface area (Å²) in [6, 6.07) is 7.87. The molecule has 1 aromatic rings. The first kappa shape index (κ1) is 12.6. The van der Waals surface area contributed by atoms with Crippen LogP contribution in [0.5, 0.6) is 0 Å². The van der Waals surface area contributed by atoms with E-state index in [-0.39, 0.29) is 11.5 Å². The van der Waals surface area contributed by atoms with Crippen LogP contribution in [0.1, 0.15) is 5.56 Å². The molecule has 0 heterocycles. The molecule has 5 heteroatoms. The molecule has 4 nitrogen and oxygen atoms in total. The van der Waals surface area contributed by atoms with Crippen LogP contribution in [0.3, 0.4) is 0 Å². The summed E-state index contributed by atoms with van der Waals surface area (Å²) in [4.78, 5) is 12.1. The van der Waals surface area contributed by atoms with Gasteiger partial charge in [-0.1, -0.05) is 22.9 Å². The monoisotopic (exact) mass is 239 g/mol. The number of esters is 1. The van der Waals surface area contributed by atoms with Gasteiger partial charge in [0, 0.05) is 4.90 Å². The summed E-state index contributed by atoms with van der Waals surface area (Å²) in [6.45, 7) is 2.00. The standard InChI is InChI=1S/C11H13NO3S/c1-8-3-5-9(6-4-8)16-7-10(12-14)11(13)15-2/h3-6,14H,7H2,1-2H3. The lowest BCUT2D eigenvalue weighted by atomic mass is 10.2. The molecule has 0 bridgehead atoms. The number of benzene rings is 1. The Morgan fingerprint density at radius 3 is 2.56 bits per heavy atom. The Morgan fingerprint density at radius 1 is 1.44 bits per heavy atom. The highest BCUT2D eigenvalue weighted by Crippen LogP contribution is 2.18. The van der Waals surface area contributed by atoms with Crippen LogP contribution in [0.2, 0.25) is 0 Å². The molecule has 0 saturated heterocycles. The predicted molar refractivity (Wildman–Crippen MR) is 63.1 cm³/mol. The normalized spacial score (nSPS) is 11.2. The van der Waals surface area contributed by atoms with Gasteiger partial charge in [-0.3, -0.25) is 0 Å². The van der Waals surface area contributed by atoms with Gasteiger partial charge in [0.15, 0.2) is 5.71 Å². The minimum absolute atomic E-state index is 0.00748. The predicted octanol–water partition coefficient (Wildman–Crippen LogP) is 2.09. The molecule has 0 amide bonds. The van der Waals surface area contributed by atoms with Crippen molar-refractivity contribution in [3.63, 3.8) is 0 Å². The number of carbonyl (C=O) groups excluding carboxylic acids is 1. The topological polar surface area (TPSA) is 58.9 Å². The van der Waals surface area contributed by atoms with Gasteiger partial charge in [0.1, 0.15) is 0 Å². The first-order valence-corrected chi connectivity index (χ1v) is 5.64. The van der Waals surface area contributed by atoms with E-state index in [4.69, 9.17) is 5.21 Å². The Bertz CT molecular complexity index is 387. The van der Waals surface area contributed by atoms with E-state index in [1.165, 1.54) is 24.4 Å². The maximum absolute atomic E-state index is 11.1. The third kappa shape index (κ3) is 3.58. The average molecular weight is 239 g/mol. The van der Waals surface area contributed by atoms with Crippen LogP contribution in [0.25, 0.3) is 0 Å². The molecule has 1 aromatic carbocycles. The first-order valence-electron chi connectivity index (χ1n) is 4.66. The molecule has 1 rings (SSSR count). The van der Waals surface area contributed by atoms with Crippen molar-refractivity contribution in [3.8, 4) is 0 Å². The van der Waals surface area contributed by atoms with Crippen LogP contribution in [-0.4, -0.2) is 29.8 Å². The van der Waals surface area contributed by atoms with Crippen molar-refractivity contribution in [2.24, 2.45) is 5.16 Å². The van der Waals surface area contributed by atoms with E-state index >= 15 is 0 Å². The largest absolute Gasteiger partial charge is 0.464 e. The molecule has 16 heavy (non-hydrogen) atoms. The second-order valence-electron chi connectivity index (χ2n) is 3.14. The Labute approximate surface area is 98.3 Å². The van der Waals surface area contributed by atoms with Crippen LogP contribution < -0.4 is 0 Å².